The Bertz CT molecular complexity index is 667. The van der Waals surface area contributed by atoms with Gasteiger partial charge in [0, 0.05) is 6.07 Å². The van der Waals surface area contributed by atoms with Crippen molar-refractivity contribution in [3.05, 3.63) is 65.2 Å². The van der Waals surface area contributed by atoms with E-state index in [2.05, 4.69) is 0 Å². The highest BCUT2D eigenvalue weighted by Crippen LogP contribution is 2.35. The van der Waals surface area contributed by atoms with Gasteiger partial charge in [-0.15, -0.1) is 0 Å². The van der Waals surface area contributed by atoms with Gasteiger partial charge in [-0.25, -0.2) is 8.78 Å². The van der Waals surface area contributed by atoms with Gasteiger partial charge < -0.3 is 9.84 Å². The van der Waals surface area contributed by atoms with Gasteiger partial charge in [-0.2, -0.15) is 0 Å². The third kappa shape index (κ3) is 2.06. The minimum absolute atomic E-state index is 0.0784. The van der Waals surface area contributed by atoms with Gasteiger partial charge in [0.1, 0.15) is 17.4 Å². The van der Waals surface area contributed by atoms with Crippen LogP contribution in [0.15, 0.2) is 42.5 Å². The second-order valence-electron chi connectivity index (χ2n) is 4.54. The topological polar surface area (TPSA) is 46.5 Å². The molecule has 20 heavy (non-hydrogen) atoms. The van der Waals surface area contributed by atoms with Gasteiger partial charge in [0.2, 0.25) is 0 Å². The van der Waals surface area contributed by atoms with Crippen LogP contribution >= 0.6 is 0 Å². The zero-order chi connectivity index (χ0) is 14.3. The molecular formula is C15H10F2O3. The first-order chi connectivity index (χ1) is 9.56. The van der Waals surface area contributed by atoms with Crippen LogP contribution in [0.5, 0.6) is 5.75 Å². The fourth-order valence-corrected chi connectivity index (χ4v) is 2.20. The van der Waals surface area contributed by atoms with Crippen molar-refractivity contribution in [1.82, 2.24) is 0 Å². The lowest BCUT2D eigenvalue weighted by atomic mass is 9.93. The Balaban J connectivity index is 2.03. The van der Waals surface area contributed by atoms with Crippen molar-refractivity contribution in [3.63, 3.8) is 0 Å². The predicted molar refractivity (Wildman–Crippen MR) is 66.5 cm³/mol. The molecule has 0 saturated carbocycles. The Kier molecular flexibility index (Phi) is 2.99. The SMILES string of the molecule is O=C1c2ccc(F)cc2OC(c2ccc(F)cc2)C1O. The Labute approximate surface area is 113 Å². The molecule has 0 spiro atoms. The summed E-state index contributed by atoms with van der Waals surface area (Å²) in [6.07, 6.45) is -2.38. The summed E-state index contributed by atoms with van der Waals surface area (Å²) in [5.41, 5.74) is 0.583. The average Bonchev–Trinajstić information content (AvgIpc) is 2.44. The summed E-state index contributed by atoms with van der Waals surface area (Å²) in [6.45, 7) is 0. The number of Topliss-reactive ketones (excluding diaryl/α,β-unsaturated/α-hetero) is 1. The smallest absolute Gasteiger partial charge is 0.199 e. The lowest BCUT2D eigenvalue weighted by Gasteiger charge is -2.29. The number of hydrogen-bond donors (Lipinski definition) is 1. The van der Waals surface area contributed by atoms with Gasteiger partial charge >= 0.3 is 0 Å². The van der Waals surface area contributed by atoms with Crippen LogP contribution < -0.4 is 4.74 Å². The first kappa shape index (κ1) is 12.7. The fraction of sp³-hybridized carbons (Fsp3) is 0.133. The van der Waals surface area contributed by atoms with Crippen LogP contribution in [0.25, 0.3) is 0 Å². The van der Waals surface area contributed by atoms with Gasteiger partial charge in [0.25, 0.3) is 0 Å². The molecule has 0 aliphatic carbocycles. The van der Waals surface area contributed by atoms with E-state index >= 15 is 0 Å². The molecule has 1 aliphatic rings. The standard InChI is InChI=1S/C15H10F2O3/c16-9-3-1-8(2-4-9)15-14(19)13(18)11-6-5-10(17)7-12(11)20-15/h1-7,14-15,19H. The van der Waals surface area contributed by atoms with Crippen LogP contribution in [0.1, 0.15) is 22.0 Å². The fourth-order valence-electron chi connectivity index (χ4n) is 2.20. The van der Waals surface area contributed by atoms with Gasteiger partial charge in [-0.1, -0.05) is 12.1 Å². The summed E-state index contributed by atoms with van der Waals surface area (Å²) in [6, 6.07) is 8.74. The molecule has 0 aromatic heterocycles. The molecule has 3 rings (SSSR count). The largest absolute Gasteiger partial charge is 0.482 e. The molecule has 0 saturated heterocycles. The van der Waals surface area contributed by atoms with Crippen LogP contribution in [0.3, 0.4) is 0 Å². The van der Waals surface area contributed by atoms with Crippen molar-refractivity contribution in [3.8, 4) is 5.75 Å². The molecule has 5 heteroatoms. The number of rotatable bonds is 1. The first-order valence-electron chi connectivity index (χ1n) is 6.00. The van der Waals surface area contributed by atoms with Crippen LogP contribution in [0, 0.1) is 11.6 Å². The normalized spacial score (nSPS) is 21.2. The molecule has 1 N–H and O–H groups in total. The van der Waals surface area contributed by atoms with Crippen LogP contribution in [-0.2, 0) is 0 Å². The Morgan fingerprint density at radius 1 is 1.00 bits per heavy atom. The number of carbonyl (C=O) groups excluding carboxylic acids is 1. The molecule has 3 nitrogen and oxygen atoms in total. The predicted octanol–water partition coefficient (Wildman–Crippen LogP) is 2.64. The third-order valence-corrected chi connectivity index (χ3v) is 3.22. The molecule has 0 radical (unpaired) electrons. The molecule has 2 atom stereocenters. The van der Waals surface area contributed by atoms with Crippen LogP contribution in [0.2, 0.25) is 0 Å². The number of carbonyl (C=O) groups is 1. The lowest BCUT2D eigenvalue weighted by Crippen LogP contribution is -2.36. The maximum absolute atomic E-state index is 13.2. The van der Waals surface area contributed by atoms with E-state index in [-0.39, 0.29) is 11.3 Å². The average molecular weight is 276 g/mol. The highest BCUT2D eigenvalue weighted by atomic mass is 19.1. The highest BCUT2D eigenvalue weighted by Gasteiger charge is 2.36. The molecule has 1 aliphatic heterocycles. The Morgan fingerprint density at radius 2 is 1.65 bits per heavy atom. The summed E-state index contributed by atoms with van der Waals surface area (Å²) >= 11 is 0. The number of fused-ring (bicyclic) bond motifs is 1. The monoisotopic (exact) mass is 276 g/mol. The summed E-state index contributed by atoms with van der Waals surface area (Å²) in [7, 11) is 0. The second kappa shape index (κ2) is 4.68. The summed E-state index contributed by atoms with van der Waals surface area (Å²) in [5, 5.41) is 10.0. The van der Waals surface area contributed by atoms with E-state index < -0.39 is 29.6 Å². The van der Waals surface area contributed by atoms with Gasteiger partial charge in [-0.3, -0.25) is 4.79 Å². The number of ketones is 1. The maximum atomic E-state index is 13.2. The molecule has 0 bridgehead atoms. The van der Waals surface area contributed by atoms with Crippen molar-refractivity contribution in [2.24, 2.45) is 0 Å². The second-order valence-corrected chi connectivity index (χ2v) is 4.54. The van der Waals surface area contributed by atoms with Crippen molar-refractivity contribution < 1.29 is 23.4 Å². The summed E-state index contributed by atoms with van der Waals surface area (Å²) in [4.78, 5) is 12.1. The molecule has 2 aromatic carbocycles. The highest BCUT2D eigenvalue weighted by molar-refractivity contribution is 6.03. The zero-order valence-electron chi connectivity index (χ0n) is 10.2. The van der Waals surface area contributed by atoms with Crippen LogP contribution in [-0.4, -0.2) is 17.0 Å². The van der Waals surface area contributed by atoms with E-state index in [0.29, 0.717) is 5.56 Å². The van der Waals surface area contributed by atoms with Gasteiger partial charge in [-0.05, 0) is 29.8 Å². The van der Waals surface area contributed by atoms with E-state index in [1.807, 2.05) is 0 Å². The minimum atomic E-state index is -1.40. The van der Waals surface area contributed by atoms with E-state index in [0.717, 1.165) is 12.1 Å². The van der Waals surface area contributed by atoms with Crippen molar-refractivity contribution in [2.45, 2.75) is 12.2 Å². The molecule has 102 valence electrons. The van der Waals surface area contributed by atoms with Crippen molar-refractivity contribution in [1.29, 1.82) is 0 Å². The molecule has 0 amide bonds. The van der Waals surface area contributed by atoms with E-state index in [1.54, 1.807) is 0 Å². The number of halogens is 2. The quantitative estimate of drug-likeness (QED) is 0.871. The number of aliphatic hydroxyl groups is 1. The first-order valence-corrected chi connectivity index (χ1v) is 6.00. The van der Waals surface area contributed by atoms with E-state index in [9.17, 15) is 18.7 Å². The van der Waals surface area contributed by atoms with E-state index in [1.165, 1.54) is 30.3 Å². The third-order valence-electron chi connectivity index (χ3n) is 3.22. The summed E-state index contributed by atoms with van der Waals surface area (Å²) in [5.74, 6) is -1.43. The summed E-state index contributed by atoms with van der Waals surface area (Å²) < 4.78 is 31.6. The molecule has 2 unspecified atom stereocenters. The lowest BCUT2D eigenvalue weighted by molar-refractivity contribution is 0.0215. The minimum Gasteiger partial charge on any atom is -0.482 e. The van der Waals surface area contributed by atoms with Crippen molar-refractivity contribution in [2.75, 3.05) is 0 Å². The van der Waals surface area contributed by atoms with Crippen LogP contribution in [0.4, 0.5) is 8.78 Å². The molecular weight excluding hydrogens is 266 g/mol. The maximum Gasteiger partial charge on any atom is 0.199 e. The number of hydrogen-bond acceptors (Lipinski definition) is 3. The Morgan fingerprint density at radius 3 is 2.35 bits per heavy atom. The van der Waals surface area contributed by atoms with Crippen molar-refractivity contribution >= 4 is 5.78 Å². The molecule has 2 aromatic rings. The Hall–Kier alpha value is -2.27. The number of benzene rings is 2. The van der Waals surface area contributed by atoms with Gasteiger partial charge in [0.05, 0.1) is 5.56 Å². The van der Waals surface area contributed by atoms with E-state index in [4.69, 9.17) is 4.74 Å². The molecule has 1 heterocycles. The molecule has 0 fully saturated rings. The number of aliphatic hydroxyl groups excluding tert-OH is 1. The zero-order valence-corrected chi connectivity index (χ0v) is 10.2. The number of ether oxygens (including phenoxy) is 1. The van der Waals surface area contributed by atoms with Gasteiger partial charge in [0.15, 0.2) is 18.0 Å².